The summed E-state index contributed by atoms with van der Waals surface area (Å²) in [5.41, 5.74) is 3.82. The van der Waals surface area contributed by atoms with E-state index in [9.17, 15) is 4.79 Å². The zero-order valence-electron chi connectivity index (χ0n) is 18.5. The lowest BCUT2D eigenvalue weighted by Gasteiger charge is -2.37. The molecule has 0 bridgehead atoms. The van der Waals surface area contributed by atoms with Crippen LogP contribution >= 0.6 is 0 Å². The smallest absolute Gasteiger partial charge is 0.231 e. The summed E-state index contributed by atoms with van der Waals surface area (Å²) in [4.78, 5) is 15.6. The van der Waals surface area contributed by atoms with Crippen LogP contribution in [0.15, 0.2) is 48.4 Å². The van der Waals surface area contributed by atoms with Gasteiger partial charge in [0.05, 0.1) is 11.1 Å². The number of benzene rings is 2. The predicted octanol–water partition coefficient (Wildman–Crippen LogP) is 5.76. The third-order valence-electron chi connectivity index (χ3n) is 7.18. The third kappa shape index (κ3) is 3.15. The average molecular weight is 429 g/mol. The number of allylic oxidation sites excluding steroid dienone is 1. The van der Waals surface area contributed by atoms with Crippen molar-refractivity contribution in [2.24, 2.45) is 0 Å². The van der Waals surface area contributed by atoms with Gasteiger partial charge in [0, 0.05) is 41.8 Å². The average Bonchev–Trinajstić information content (AvgIpc) is 3.37. The molecule has 0 saturated heterocycles. The van der Waals surface area contributed by atoms with E-state index in [1.165, 1.54) is 37.6 Å². The van der Waals surface area contributed by atoms with Crippen LogP contribution in [0.2, 0.25) is 0 Å². The minimum atomic E-state index is -0.0501. The number of carbonyl (C=O) groups excluding carboxylic acids is 1. The molecule has 2 aliphatic heterocycles. The molecule has 1 aromatic heterocycles. The van der Waals surface area contributed by atoms with E-state index in [2.05, 4.69) is 34.7 Å². The highest BCUT2D eigenvalue weighted by atomic mass is 16.5. The lowest BCUT2D eigenvalue weighted by molar-refractivity contribution is 0.0394. The number of aromatic nitrogens is 1. The highest BCUT2D eigenvalue weighted by Crippen LogP contribution is 2.43. The molecule has 3 aromatic rings. The van der Waals surface area contributed by atoms with Crippen LogP contribution in [0.5, 0.6) is 11.5 Å². The van der Waals surface area contributed by atoms with E-state index in [4.69, 9.17) is 9.47 Å². The molecule has 0 unspecified atom stereocenters. The summed E-state index contributed by atoms with van der Waals surface area (Å²) in [7, 11) is 0. The predicted molar refractivity (Wildman–Crippen MR) is 125 cm³/mol. The maximum atomic E-state index is 13.2. The molecule has 164 valence electrons. The van der Waals surface area contributed by atoms with Crippen LogP contribution < -0.4 is 9.47 Å². The highest BCUT2D eigenvalue weighted by Gasteiger charge is 2.35. The van der Waals surface area contributed by atoms with Gasteiger partial charge in [-0.25, -0.2) is 0 Å². The van der Waals surface area contributed by atoms with Crippen molar-refractivity contribution in [2.75, 3.05) is 6.73 Å². The summed E-state index contributed by atoms with van der Waals surface area (Å²) < 4.78 is 14.5. The van der Waals surface area contributed by atoms with E-state index in [1.807, 2.05) is 30.3 Å². The van der Waals surface area contributed by atoms with Crippen LogP contribution in [0.3, 0.4) is 0 Å². The summed E-state index contributed by atoms with van der Waals surface area (Å²) in [5, 5.41) is 1.13. The second-order valence-electron chi connectivity index (χ2n) is 9.06. The molecule has 5 nitrogen and oxygen atoms in total. The molecule has 0 radical (unpaired) electrons. The van der Waals surface area contributed by atoms with Crippen molar-refractivity contribution in [3.05, 3.63) is 65.0 Å². The Morgan fingerprint density at radius 2 is 1.94 bits per heavy atom. The molecule has 2 aromatic carbocycles. The van der Waals surface area contributed by atoms with E-state index in [-0.39, 0.29) is 5.78 Å². The molecular formula is C27H28N2O3. The number of hydrogen-bond donors (Lipinski definition) is 0. The van der Waals surface area contributed by atoms with Crippen LogP contribution in [0.4, 0.5) is 0 Å². The lowest BCUT2D eigenvalue weighted by Crippen LogP contribution is -2.41. The number of ether oxygens (including phenoxy) is 2. The van der Waals surface area contributed by atoms with Crippen LogP contribution in [-0.4, -0.2) is 28.0 Å². The van der Waals surface area contributed by atoms with Gasteiger partial charge in [-0.15, -0.1) is 0 Å². The molecule has 0 atom stereocenters. The zero-order chi connectivity index (χ0) is 21.7. The van der Waals surface area contributed by atoms with E-state index in [0.717, 1.165) is 35.4 Å². The molecule has 1 fully saturated rings. The molecule has 3 heterocycles. The molecule has 5 heteroatoms. The quantitative estimate of drug-likeness (QED) is 0.497. The molecule has 0 N–H and O–H groups in total. The van der Waals surface area contributed by atoms with Crippen LogP contribution in [0, 0.1) is 0 Å². The number of carbonyl (C=O) groups is 1. The fourth-order valence-electron chi connectivity index (χ4n) is 5.45. The summed E-state index contributed by atoms with van der Waals surface area (Å²) in [6.07, 6.45) is 10.3. The topological polar surface area (TPSA) is 43.7 Å². The molecule has 1 saturated carbocycles. The van der Waals surface area contributed by atoms with Gasteiger partial charge in [0.1, 0.15) is 18.2 Å². The van der Waals surface area contributed by atoms with E-state index in [1.54, 1.807) is 0 Å². The maximum Gasteiger partial charge on any atom is 0.231 e. The molecular weight excluding hydrogens is 400 g/mol. The second kappa shape index (κ2) is 7.82. The van der Waals surface area contributed by atoms with Crippen molar-refractivity contribution in [3.8, 4) is 11.5 Å². The number of para-hydroxylation sites is 1. The van der Waals surface area contributed by atoms with Crippen molar-refractivity contribution in [3.63, 3.8) is 0 Å². The number of nitrogens with zero attached hydrogens (tertiary/aromatic N) is 2. The van der Waals surface area contributed by atoms with Crippen LogP contribution in [-0.2, 0) is 13.1 Å². The summed E-state index contributed by atoms with van der Waals surface area (Å²) in [6, 6.07) is 12.6. The number of hydrogen-bond acceptors (Lipinski definition) is 4. The Bertz CT molecular complexity index is 1230. The van der Waals surface area contributed by atoms with Gasteiger partial charge < -0.3 is 14.0 Å². The number of ketones is 1. The van der Waals surface area contributed by atoms with Gasteiger partial charge in [0.25, 0.3) is 0 Å². The Kier molecular flexibility index (Phi) is 4.80. The van der Waals surface area contributed by atoms with Crippen molar-refractivity contribution >= 4 is 22.8 Å². The molecule has 1 aliphatic carbocycles. The van der Waals surface area contributed by atoms with Crippen molar-refractivity contribution < 1.29 is 14.3 Å². The Morgan fingerprint density at radius 1 is 1.09 bits per heavy atom. The third-order valence-corrected chi connectivity index (χ3v) is 7.18. The second-order valence-corrected chi connectivity index (χ2v) is 9.06. The molecule has 32 heavy (non-hydrogen) atoms. The molecule has 6 rings (SSSR count). The van der Waals surface area contributed by atoms with Gasteiger partial charge in [-0.3, -0.25) is 9.69 Å². The van der Waals surface area contributed by atoms with Gasteiger partial charge in [0.2, 0.25) is 5.78 Å². The van der Waals surface area contributed by atoms with Crippen LogP contribution in [0.1, 0.15) is 60.5 Å². The fraction of sp³-hybridized carbons (Fsp3) is 0.370. The normalized spacial score (nSPS) is 20.3. The summed E-state index contributed by atoms with van der Waals surface area (Å²) in [6.45, 7) is 4.39. The maximum absolute atomic E-state index is 13.2. The summed E-state index contributed by atoms with van der Waals surface area (Å²) in [5.74, 6) is 1.86. The largest absolute Gasteiger partial charge is 0.478 e. The van der Waals surface area contributed by atoms with Crippen LogP contribution in [0.25, 0.3) is 17.0 Å². The van der Waals surface area contributed by atoms with Gasteiger partial charge in [-0.1, -0.05) is 37.5 Å². The minimum Gasteiger partial charge on any atom is -0.478 e. The summed E-state index contributed by atoms with van der Waals surface area (Å²) >= 11 is 0. The van der Waals surface area contributed by atoms with Gasteiger partial charge in [-0.2, -0.15) is 0 Å². The van der Waals surface area contributed by atoms with Gasteiger partial charge in [0.15, 0.2) is 5.76 Å². The Labute approximate surface area is 188 Å². The van der Waals surface area contributed by atoms with Gasteiger partial charge >= 0.3 is 0 Å². The monoisotopic (exact) mass is 428 g/mol. The first-order valence-electron chi connectivity index (χ1n) is 11.8. The minimum absolute atomic E-state index is 0.0501. The van der Waals surface area contributed by atoms with Crippen molar-refractivity contribution in [1.82, 2.24) is 9.47 Å². The first-order valence-corrected chi connectivity index (χ1v) is 11.8. The molecule has 3 aliphatic rings. The Hall–Kier alpha value is -3.05. The van der Waals surface area contributed by atoms with Crippen molar-refractivity contribution in [1.29, 1.82) is 0 Å². The SMILES string of the molecule is CCn1cc(/C=C2/Oc3c(ccc4c3CN(C3CCCCC3)CO4)C2=O)c2ccccc21. The van der Waals surface area contributed by atoms with E-state index < -0.39 is 0 Å². The molecule has 0 spiro atoms. The Balaban J connectivity index is 1.35. The van der Waals surface area contributed by atoms with E-state index in [0.29, 0.717) is 29.8 Å². The Morgan fingerprint density at radius 3 is 2.78 bits per heavy atom. The molecule has 0 amide bonds. The first-order chi connectivity index (χ1) is 15.7. The first kappa shape index (κ1) is 19.6. The standard InChI is InChI=1S/C27H28N2O3/c1-2-28-15-18(20-10-6-7-11-23(20)28)14-25-26(30)21-12-13-24-22(27(21)32-25)16-29(17-31-24)19-8-4-3-5-9-19/h6-7,10-15,19H,2-5,8-9,16-17H2,1H3/b25-14+. The fourth-order valence-corrected chi connectivity index (χ4v) is 5.45. The number of Topliss-reactive ketones (excluding diaryl/α,β-unsaturated/α-hetero) is 1. The number of aryl methyl sites for hydroxylation is 1. The lowest BCUT2D eigenvalue weighted by atomic mass is 9.93. The van der Waals surface area contributed by atoms with Gasteiger partial charge in [-0.05, 0) is 44.0 Å². The van der Waals surface area contributed by atoms with Crippen molar-refractivity contribution in [2.45, 2.75) is 58.2 Å². The zero-order valence-corrected chi connectivity index (χ0v) is 18.5. The number of fused-ring (bicyclic) bond motifs is 4. The van der Waals surface area contributed by atoms with E-state index >= 15 is 0 Å². The number of rotatable bonds is 3. The highest BCUT2D eigenvalue weighted by molar-refractivity contribution is 6.15.